The summed E-state index contributed by atoms with van der Waals surface area (Å²) in [6.45, 7) is 1.95. The van der Waals surface area contributed by atoms with Crippen molar-refractivity contribution in [2.75, 3.05) is 33.9 Å². The molecule has 2 amide bonds. The summed E-state index contributed by atoms with van der Waals surface area (Å²) >= 11 is 0. The summed E-state index contributed by atoms with van der Waals surface area (Å²) < 4.78 is 5.35. The maximum absolute atomic E-state index is 12.3. The van der Waals surface area contributed by atoms with Gasteiger partial charge in [0.15, 0.2) is 0 Å². The third-order valence-corrected chi connectivity index (χ3v) is 3.79. The second-order valence-corrected chi connectivity index (χ2v) is 5.97. The Morgan fingerprint density at radius 2 is 2.04 bits per heavy atom. The summed E-state index contributed by atoms with van der Waals surface area (Å²) in [5, 5.41) is 6.11. The Balaban J connectivity index is 0.00000288. The molecule has 1 aromatic rings. The molecule has 1 fully saturated rings. The molecule has 0 bridgehead atoms. The van der Waals surface area contributed by atoms with E-state index in [9.17, 15) is 9.59 Å². The third kappa shape index (κ3) is 6.47. The van der Waals surface area contributed by atoms with Crippen LogP contribution < -0.4 is 10.6 Å². The zero-order valence-electron chi connectivity index (χ0n) is 14.2. The number of nitrogens with zero attached hydrogens (tertiary/aromatic N) is 1. The Hall–Kier alpha value is -1.63. The number of hydrogen-bond acceptors (Lipinski definition) is 4. The molecule has 0 aliphatic carbocycles. The summed E-state index contributed by atoms with van der Waals surface area (Å²) in [6, 6.07) is 9.16. The topological polar surface area (TPSA) is 70.7 Å². The molecule has 0 aromatic heterocycles. The summed E-state index contributed by atoms with van der Waals surface area (Å²) in [5.74, 6) is -0.237. The van der Waals surface area contributed by atoms with E-state index in [-0.39, 0.29) is 30.3 Å². The fraction of sp³-hybridized carbons (Fsp3) is 0.529. The lowest BCUT2D eigenvalue weighted by atomic mass is 10.0. The SMILES string of the molecule is CN(C)C(=O)C(Cc1ccccc1)NC(=O)CC1COCCN1.Cl. The van der Waals surface area contributed by atoms with Crippen molar-refractivity contribution in [2.45, 2.75) is 24.9 Å². The van der Waals surface area contributed by atoms with Gasteiger partial charge in [-0.1, -0.05) is 30.3 Å². The molecule has 1 heterocycles. The molecule has 0 saturated carbocycles. The van der Waals surface area contributed by atoms with Crippen molar-refractivity contribution < 1.29 is 14.3 Å². The van der Waals surface area contributed by atoms with E-state index in [2.05, 4.69) is 10.6 Å². The van der Waals surface area contributed by atoms with Crippen LogP contribution in [0.3, 0.4) is 0 Å². The monoisotopic (exact) mass is 355 g/mol. The fourth-order valence-electron chi connectivity index (χ4n) is 2.59. The van der Waals surface area contributed by atoms with Gasteiger partial charge in [-0.2, -0.15) is 0 Å². The minimum atomic E-state index is -0.551. The highest BCUT2D eigenvalue weighted by Crippen LogP contribution is 2.06. The molecule has 1 aliphatic rings. The predicted molar refractivity (Wildman–Crippen MR) is 95.2 cm³/mol. The van der Waals surface area contributed by atoms with Gasteiger partial charge in [-0.25, -0.2) is 0 Å². The van der Waals surface area contributed by atoms with Crippen LogP contribution in [0.5, 0.6) is 0 Å². The molecule has 2 rings (SSSR count). The van der Waals surface area contributed by atoms with E-state index in [4.69, 9.17) is 4.74 Å². The number of rotatable bonds is 6. The van der Waals surface area contributed by atoms with E-state index in [1.165, 1.54) is 4.90 Å². The number of morpholine rings is 1. The largest absolute Gasteiger partial charge is 0.378 e. The second-order valence-electron chi connectivity index (χ2n) is 5.97. The smallest absolute Gasteiger partial charge is 0.244 e. The van der Waals surface area contributed by atoms with Crippen LogP contribution in [-0.4, -0.2) is 62.7 Å². The second kappa shape index (κ2) is 10.3. The van der Waals surface area contributed by atoms with Crippen LogP contribution in [0.4, 0.5) is 0 Å². The van der Waals surface area contributed by atoms with Crippen molar-refractivity contribution in [3.8, 4) is 0 Å². The lowest BCUT2D eigenvalue weighted by Crippen LogP contribution is -2.50. The van der Waals surface area contributed by atoms with Gasteiger partial charge < -0.3 is 20.3 Å². The molecule has 7 heteroatoms. The van der Waals surface area contributed by atoms with Crippen molar-refractivity contribution in [1.82, 2.24) is 15.5 Å². The first-order valence-electron chi connectivity index (χ1n) is 7.92. The van der Waals surface area contributed by atoms with Crippen molar-refractivity contribution in [3.05, 3.63) is 35.9 Å². The fourth-order valence-corrected chi connectivity index (χ4v) is 2.59. The Morgan fingerprint density at radius 1 is 1.33 bits per heavy atom. The number of ether oxygens (including phenoxy) is 1. The minimum absolute atomic E-state index is 0. The zero-order valence-corrected chi connectivity index (χ0v) is 15.0. The summed E-state index contributed by atoms with van der Waals surface area (Å²) in [5.41, 5.74) is 1.02. The molecule has 6 nitrogen and oxygen atoms in total. The summed E-state index contributed by atoms with van der Waals surface area (Å²) in [6.07, 6.45) is 0.796. The number of amides is 2. The van der Waals surface area contributed by atoms with E-state index in [1.807, 2.05) is 30.3 Å². The van der Waals surface area contributed by atoms with Gasteiger partial charge in [-0.15, -0.1) is 12.4 Å². The van der Waals surface area contributed by atoms with Gasteiger partial charge in [0.25, 0.3) is 0 Å². The Bertz CT molecular complexity index is 519. The molecule has 2 unspecified atom stereocenters. The van der Waals surface area contributed by atoms with E-state index in [0.717, 1.165) is 12.1 Å². The zero-order chi connectivity index (χ0) is 16.7. The average molecular weight is 356 g/mol. The first kappa shape index (κ1) is 20.4. The summed E-state index contributed by atoms with van der Waals surface area (Å²) in [4.78, 5) is 26.1. The van der Waals surface area contributed by atoms with E-state index in [1.54, 1.807) is 14.1 Å². The van der Waals surface area contributed by atoms with Gasteiger partial charge in [0.1, 0.15) is 6.04 Å². The number of benzene rings is 1. The third-order valence-electron chi connectivity index (χ3n) is 3.79. The number of hydrogen-bond donors (Lipinski definition) is 2. The first-order chi connectivity index (χ1) is 11.1. The molecule has 1 aromatic carbocycles. The number of carbonyl (C=O) groups excluding carboxylic acids is 2. The van der Waals surface area contributed by atoms with Crippen LogP contribution in [-0.2, 0) is 20.7 Å². The van der Waals surface area contributed by atoms with Gasteiger partial charge in [0.05, 0.1) is 13.2 Å². The lowest BCUT2D eigenvalue weighted by Gasteiger charge is -2.25. The normalized spacial score (nSPS) is 18.2. The van der Waals surface area contributed by atoms with E-state index >= 15 is 0 Å². The van der Waals surface area contributed by atoms with Crippen LogP contribution in [0.1, 0.15) is 12.0 Å². The predicted octanol–water partition coefficient (Wildman–Crippen LogP) is 0.602. The van der Waals surface area contributed by atoms with Crippen molar-refractivity contribution >= 4 is 24.2 Å². The molecule has 0 spiro atoms. The highest BCUT2D eigenvalue weighted by atomic mass is 35.5. The number of nitrogens with one attached hydrogen (secondary N) is 2. The number of halogens is 1. The van der Waals surface area contributed by atoms with Crippen LogP contribution >= 0.6 is 12.4 Å². The highest BCUT2D eigenvalue weighted by Gasteiger charge is 2.24. The molecular formula is C17H26ClN3O3. The first-order valence-corrected chi connectivity index (χ1v) is 7.92. The highest BCUT2D eigenvalue weighted by molar-refractivity contribution is 5.87. The lowest BCUT2D eigenvalue weighted by molar-refractivity contribution is -0.134. The Morgan fingerprint density at radius 3 is 2.62 bits per heavy atom. The van der Waals surface area contributed by atoms with E-state index < -0.39 is 6.04 Å². The molecule has 134 valence electrons. The van der Waals surface area contributed by atoms with Crippen LogP contribution in [0.25, 0.3) is 0 Å². The molecule has 24 heavy (non-hydrogen) atoms. The molecule has 2 N–H and O–H groups in total. The standard InChI is InChI=1S/C17H25N3O3.ClH/c1-20(2)17(22)15(10-13-6-4-3-5-7-13)19-16(21)11-14-12-23-9-8-18-14;/h3-7,14-15,18H,8-12H2,1-2H3,(H,19,21);1H. The number of carbonyl (C=O) groups is 2. The molecule has 1 saturated heterocycles. The van der Waals surface area contributed by atoms with Crippen LogP contribution in [0.15, 0.2) is 30.3 Å². The van der Waals surface area contributed by atoms with Gasteiger partial charge in [-0.3, -0.25) is 9.59 Å². The maximum Gasteiger partial charge on any atom is 0.244 e. The molecular weight excluding hydrogens is 330 g/mol. The Kier molecular flexibility index (Phi) is 8.74. The molecule has 0 radical (unpaired) electrons. The summed E-state index contributed by atoms with van der Waals surface area (Å²) in [7, 11) is 3.39. The Labute approximate surface area is 149 Å². The molecule has 2 atom stereocenters. The van der Waals surface area contributed by atoms with Crippen molar-refractivity contribution in [3.63, 3.8) is 0 Å². The van der Waals surface area contributed by atoms with E-state index in [0.29, 0.717) is 26.1 Å². The molecule has 1 aliphatic heterocycles. The number of likely N-dealkylation sites (N-methyl/N-ethyl adjacent to an activating group) is 1. The average Bonchev–Trinajstić information content (AvgIpc) is 2.55. The van der Waals surface area contributed by atoms with Gasteiger partial charge >= 0.3 is 0 Å². The van der Waals surface area contributed by atoms with Crippen molar-refractivity contribution in [2.24, 2.45) is 0 Å². The maximum atomic E-state index is 12.3. The quantitative estimate of drug-likeness (QED) is 0.784. The van der Waals surface area contributed by atoms with Gasteiger partial charge in [-0.05, 0) is 5.56 Å². The minimum Gasteiger partial charge on any atom is -0.378 e. The van der Waals surface area contributed by atoms with Gasteiger partial charge in [0, 0.05) is 39.5 Å². The van der Waals surface area contributed by atoms with Crippen molar-refractivity contribution in [1.29, 1.82) is 0 Å². The van der Waals surface area contributed by atoms with Crippen LogP contribution in [0, 0.1) is 0 Å². The van der Waals surface area contributed by atoms with Gasteiger partial charge in [0.2, 0.25) is 11.8 Å². The van der Waals surface area contributed by atoms with Crippen LogP contribution in [0.2, 0.25) is 0 Å².